The van der Waals surface area contributed by atoms with Crippen LogP contribution >= 0.6 is 0 Å². The molecule has 1 aromatic rings. The molecule has 1 aliphatic heterocycles. The molecule has 2 aliphatic rings. The summed E-state index contributed by atoms with van der Waals surface area (Å²) in [4.78, 5) is 16.4. The van der Waals surface area contributed by atoms with Crippen molar-refractivity contribution in [2.45, 2.75) is 44.7 Å². The number of aliphatic imine (C=N–C) groups is 1. The zero-order valence-corrected chi connectivity index (χ0v) is 11.3. The summed E-state index contributed by atoms with van der Waals surface area (Å²) in [7, 11) is 0. The van der Waals surface area contributed by atoms with Crippen LogP contribution in [-0.2, 0) is 4.79 Å². The number of hydrogen-bond acceptors (Lipinski definition) is 3. The molecule has 0 saturated heterocycles. The Morgan fingerprint density at radius 2 is 2.05 bits per heavy atom. The van der Waals surface area contributed by atoms with E-state index in [1.807, 2.05) is 26.0 Å². The number of hydrogen-bond donors (Lipinski definition) is 2. The SMILES string of the molecule is CC(C)NC1=NC(c2cccc(C3CC3)c2)C(=O)N1. The molecule has 1 aromatic carbocycles. The fourth-order valence-corrected chi connectivity index (χ4v) is 2.38. The maximum absolute atomic E-state index is 12.0. The molecule has 0 spiro atoms. The molecule has 4 heteroatoms. The third-order valence-electron chi connectivity index (χ3n) is 3.45. The second kappa shape index (κ2) is 4.68. The number of guanidine groups is 1. The van der Waals surface area contributed by atoms with E-state index in [-0.39, 0.29) is 11.9 Å². The first-order valence-electron chi connectivity index (χ1n) is 6.88. The second-order valence-corrected chi connectivity index (χ2v) is 5.61. The zero-order chi connectivity index (χ0) is 13.4. The van der Waals surface area contributed by atoms with Gasteiger partial charge in [0, 0.05) is 6.04 Å². The maximum atomic E-state index is 12.0. The minimum absolute atomic E-state index is 0.0453. The largest absolute Gasteiger partial charge is 0.354 e. The third-order valence-corrected chi connectivity index (χ3v) is 3.45. The van der Waals surface area contributed by atoms with Gasteiger partial charge in [-0.15, -0.1) is 0 Å². The standard InChI is InChI=1S/C15H19N3O/c1-9(2)16-15-17-13(14(19)18-15)12-5-3-4-11(8-12)10-6-7-10/h3-5,8-10,13H,6-7H2,1-2H3,(H2,16,17,18,19). The van der Waals surface area contributed by atoms with Crippen LogP contribution in [0.4, 0.5) is 0 Å². The van der Waals surface area contributed by atoms with E-state index >= 15 is 0 Å². The van der Waals surface area contributed by atoms with Crippen molar-refractivity contribution in [1.82, 2.24) is 10.6 Å². The zero-order valence-electron chi connectivity index (χ0n) is 11.3. The molecule has 3 rings (SSSR count). The lowest BCUT2D eigenvalue weighted by Crippen LogP contribution is -2.40. The molecule has 0 bridgehead atoms. The van der Waals surface area contributed by atoms with E-state index in [4.69, 9.17) is 0 Å². The number of nitrogens with one attached hydrogen (secondary N) is 2. The Balaban J connectivity index is 1.82. The monoisotopic (exact) mass is 257 g/mol. The van der Waals surface area contributed by atoms with Crippen molar-refractivity contribution in [3.63, 3.8) is 0 Å². The van der Waals surface area contributed by atoms with Crippen molar-refractivity contribution < 1.29 is 4.79 Å². The van der Waals surface area contributed by atoms with E-state index in [1.54, 1.807) is 0 Å². The Morgan fingerprint density at radius 3 is 2.74 bits per heavy atom. The van der Waals surface area contributed by atoms with Crippen molar-refractivity contribution in [3.05, 3.63) is 35.4 Å². The molecule has 1 amide bonds. The summed E-state index contributed by atoms with van der Waals surface area (Å²) in [5.74, 6) is 1.24. The Labute approximate surface area is 113 Å². The summed E-state index contributed by atoms with van der Waals surface area (Å²) in [6.45, 7) is 4.05. The Morgan fingerprint density at radius 1 is 1.32 bits per heavy atom. The van der Waals surface area contributed by atoms with Crippen LogP contribution < -0.4 is 10.6 Å². The van der Waals surface area contributed by atoms with Crippen LogP contribution in [0.1, 0.15) is 49.8 Å². The summed E-state index contributed by atoms with van der Waals surface area (Å²) in [6.07, 6.45) is 2.54. The average Bonchev–Trinajstić information content (AvgIpc) is 3.14. The highest BCUT2D eigenvalue weighted by atomic mass is 16.2. The molecule has 19 heavy (non-hydrogen) atoms. The first kappa shape index (κ1) is 12.2. The molecule has 2 N–H and O–H groups in total. The third kappa shape index (κ3) is 2.62. The normalized spacial score (nSPS) is 22.4. The van der Waals surface area contributed by atoms with E-state index < -0.39 is 6.04 Å². The predicted octanol–water partition coefficient (Wildman–Crippen LogP) is 2.09. The lowest BCUT2D eigenvalue weighted by atomic mass is 10.0. The summed E-state index contributed by atoms with van der Waals surface area (Å²) in [5.41, 5.74) is 2.33. The molecule has 4 nitrogen and oxygen atoms in total. The number of nitrogens with zero attached hydrogens (tertiary/aromatic N) is 1. The number of rotatable bonds is 3. The van der Waals surface area contributed by atoms with Crippen LogP contribution in [-0.4, -0.2) is 17.9 Å². The lowest BCUT2D eigenvalue weighted by Gasteiger charge is -2.07. The molecule has 1 aliphatic carbocycles. The Bertz CT molecular complexity index is 532. The number of amides is 1. The van der Waals surface area contributed by atoms with Crippen molar-refractivity contribution in [1.29, 1.82) is 0 Å². The van der Waals surface area contributed by atoms with Gasteiger partial charge in [0.15, 0.2) is 12.0 Å². The van der Waals surface area contributed by atoms with Crippen LogP contribution in [0, 0.1) is 0 Å². The van der Waals surface area contributed by atoms with Crippen molar-refractivity contribution in [2.75, 3.05) is 0 Å². The van der Waals surface area contributed by atoms with Crippen LogP contribution in [0.2, 0.25) is 0 Å². The summed E-state index contributed by atoms with van der Waals surface area (Å²) < 4.78 is 0. The molecular weight excluding hydrogens is 238 g/mol. The van der Waals surface area contributed by atoms with Crippen LogP contribution in [0.15, 0.2) is 29.3 Å². The van der Waals surface area contributed by atoms with Crippen molar-refractivity contribution >= 4 is 11.9 Å². The van der Waals surface area contributed by atoms with Gasteiger partial charge in [0.1, 0.15) is 0 Å². The average molecular weight is 257 g/mol. The molecule has 1 unspecified atom stereocenters. The van der Waals surface area contributed by atoms with Gasteiger partial charge in [-0.05, 0) is 43.7 Å². The van der Waals surface area contributed by atoms with Gasteiger partial charge < -0.3 is 5.32 Å². The molecule has 1 fully saturated rings. The minimum Gasteiger partial charge on any atom is -0.354 e. The lowest BCUT2D eigenvalue weighted by molar-refractivity contribution is -0.120. The molecule has 1 heterocycles. The van der Waals surface area contributed by atoms with Gasteiger partial charge in [-0.25, -0.2) is 4.99 Å². The van der Waals surface area contributed by atoms with Gasteiger partial charge in [-0.2, -0.15) is 0 Å². The van der Waals surface area contributed by atoms with E-state index in [2.05, 4.69) is 27.8 Å². The fraction of sp³-hybridized carbons (Fsp3) is 0.467. The summed E-state index contributed by atoms with van der Waals surface area (Å²) in [5, 5.41) is 5.94. The summed E-state index contributed by atoms with van der Waals surface area (Å²) in [6, 6.07) is 8.14. The Kier molecular flexibility index (Phi) is 3.01. The van der Waals surface area contributed by atoms with Gasteiger partial charge in [0.25, 0.3) is 5.91 Å². The van der Waals surface area contributed by atoms with Crippen LogP contribution in [0.3, 0.4) is 0 Å². The number of benzene rings is 1. The first-order valence-corrected chi connectivity index (χ1v) is 6.88. The first-order chi connectivity index (χ1) is 9.13. The topological polar surface area (TPSA) is 53.5 Å². The van der Waals surface area contributed by atoms with E-state index in [1.165, 1.54) is 18.4 Å². The van der Waals surface area contributed by atoms with Gasteiger partial charge in [-0.3, -0.25) is 10.1 Å². The van der Waals surface area contributed by atoms with Crippen molar-refractivity contribution in [3.8, 4) is 0 Å². The fourth-order valence-electron chi connectivity index (χ4n) is 2.38. The van der Waals surface area contributed by atoms with Crippen LogP contribution in [0.25, 0.3) is 0 Å². The highest BCUT2D eigenvalue weighted by Crippen LogP contribution is 2.40. The number of carbonyl (C=O) groups is 1. The highest BCUT2D eigenvalue weighted by molar-refractivity contribution is 6.05. The van der Waals surface area contributed by atoms with E-state index in [9.17, 15) is 4.79 Å². The molecule has 1 atom stereocenters. The second-order valence-electron chi connectivity index (χ2n) is 5.61. The highest BCUT2D eigenvalue weighted by Gasteiger charge is 2.30. The van der Waals surface area contributed by atoms with Gasteiger partial charge in [0.05, 0.1) is 0 Å². The smallest absolute Gasteiger partial charge is 0.256 e. The molecule has 100 valence electrons. The van der Waals surface area contributed by atoms with Crippen LogP contribution in [0.5, 0.6) is 0 Å². The molecule has 0 radical (unpaired) electrons. The number of carbonyl (C=O) groups excluding carboxylic acids is 1. The van der Waals surface area contributed by atoms with Gasteiger partial charge in [-0.1, -0.05) is 24.3 Å². The van der Waals surface area contributed by atoms with Gasteiger partial charge in [0.2, 0.25) is 0 Å². The predicted molar refractivity (Wildman–Crippen MR) is 75.0 cm³/mol. The van der Waals surface area contributed by atoms with E-state index in [0.29, 0.717) is 11.9 Å². The summed E-state index contributed by atoms with van der Waals surface area (Å²) >= 11 is 0. The minimum atomic E-state index is -0.403. The quantitative estimate of drug-likeness (QED) is 0.871. The molecular formula is C15H19N3O. The molecule has 0 aromatic heterocycles. The van der Waals surface area contributed by atoms with Crippen molar-refractivity contribution in [2.24, 2.45) is 4.99 Å². The van der Waals surface area contributed by atoms with E-state index in [0.717, 1.165) is 5.56 Å². The maximum Gasteiger partial charge on any atom is 0.256 e. The Hall–Kier alpha value is -1.84. The molecule has 1 saturated carbocycles. The van der Waals surface area contributed by atoms with Gasteiger partial charge >= 0.3 is 0 Å².